The highest BCUT2D eigenvalue weighted by Gasteiger charge is 2.09. The summed E-state index contributed by atoms with van der Waals surface area (Å²) in [6.07, 6.45) is 1.98. The Kier molecular flexibility index (Phi) is 2.28. The van der Waals surface area contributed by atoms with Gasteiger partial charge in [-0.3, -0.25) is 0 Å². The van der Waals surface area contributed by atoms with E-state index < -0.39 is 0 Å². The third kappa shape index (κ3) is 1.41. The van der Waals surface area contributed by atoms with Gasteiger partial charge in [-0.2, -0.15) is 0 Å². The smallest absolute Gasteiger partial charge is 0.140 e. The van der Waals surface area contributed by atoms with E-state index >= 15 is 0 Å². The molecule has 2 rings (SSSR count). The van der Waals surface area contributed by atoms with Gasteiger partial charge in [-0.1, -0.05) is 19.4 Å². The Morgan fingerprint density at radius 2 is 2.14 bits per heavy atom. The fourth-order valence-electron chi connectivity index (χ4n) is 1.74. The molecular weight excluding hydrogens is 179 g/mol. The van der Waals surface area contributed by atoms with Crippen LogP contribution in [-0.2, 0) is 6.42 Å². The second kappa shape index (κ2) is 3.45. The molecule has 1 aromatic heterocycles. The summed E-state index contributed by atoms with van der Waals surface area (Å²) in [6.45, 7) is 3.94. The van der Waals surface area contributed by atoms with Gasteiger partial charge in [0.25, 0.3) is 0 Å². The van der Waals surface area contributed by atoms with Crippen LogP contribution in [-0.4, -0.2) is 0 Å². The Balaban J connectivity index is 2.68. The van der Waals surface area contributed by atoms with Crippen molar-refractivity contribution in [2.45, 2.75) is 26.7 Å². The predicted octanol–water partition coefficient (Wildman–Crippen LogP) is 3.83. The summed E-state index contributed by atoms with van der Waals surface area (Å²) in [4.78, 5) is 0. The molecule has 74 valence electrons. The van der Waals surface area contributed by atoms with E-state index in [-0.39, 0.29) is 5.82 Å². The van der Waals surface area contributed by atoms with Gasteiger partial charge in [-0.15, -0.1) is 0 Å². The SMILES string of the molecule is CCCc1ccc(F)c2cc(C)oc12. The van der Waals surface area contributed by atoms with Crippen molar-refractivity contribution < 1.29 is 8.81 Å². The van der Waals surface area contributed by atoms with E-state index in [1.807, 2.05) is 13.0 Å². The molecule has 0 unspecified atom stereocenters. The molecule has 0 aliphatic rings. The van der Waals surface area contributed by atoms with Gasteiger partial charge in [0.1, 0.15) is 17.2 Å². The van der Waals surface area contributed by atoms with Crippen molar-refractivity contribution in [3.05, 3.63) is 35.3 Å². The number of benzene rings is 1. The van der Waals surface area contributed by atoms with Gasteiger partial charge in [-0.25, -0.2) is 4.39 Å². The number of halogens is 1. The van der Waals surface area contributed by atoms with Crippen molar-refractivity contribution in [3.8, 4) is 0 Å². The molecule has 2 aromatic rings. The third-order valence-electron chi connectivity index (χ3n) is 2.35. The van der Waals surface area contributed by atoms with Crippen molar-refractivity contribution in [3.63, 3.8) is 0 Å². The Labute approximate surface area is 82.5 Å². The maximum absolute atomic E-state index is 13.4. The molecule has 1 nitrogen and oxygen atoms in total. The summed E-state index contributed by atoms with van der Waals surface area (Å²) >= 11 is 0. The highest BCUT2D eigenvalue weighted by Crippen LogP contribution is 2.26. The lowest BCUT2D eigenvalue weighted by Gasteiger charge is -1.99. The van der Waals surface area contributed by atoms with E-state index in [0.29, 0.717) is 11.0 Å². The van der Waals surface area contributed by atoms with E-state index in [2.05, 4.69) is 6.92 Å². The van der Waals surface area contributed by atoms with Gasteiger partial charge in [0.05, 0.1) is 5.39 Å². The van der Waals surface area contributed by atoms with Crippen LogP contribution in [0.25, 0.3) is 11.0 Å². The topological polar surface area (TPSA) is 13.1 Å². The molecule has 0 saturated heterocycles. The van der Waals surface area contributed by atoms with E-state index in [0.717, 1.165) is 24.2 Å². The minimum Gasteiger partial charge on any atom is -0.461 e. The average Bonchev–Trinajstić information content (AvgIpc) is 2.53. The molecule has 0 atom stereocenters. The van der Waals surface area contributed by atoms with Crippen LogP contribution in [0.2, 0.25) is 0 Å². The second-order valence-electron chi connectivity index (χ2n) is 3.56. The first-order chi connectivity index (χ1) is 6.72. The predicted molar refractivity (Wildman–Crippen MR) is 54.9 cm³/mol. The van der Waals surface area contributed by atoms with Gasteiger partial charge in [0, 0.05) is 0 Å². The number of rotatable bonds is 2. The number of hydrogen-bond acceptors (Lipinski definition) is 1. The lowest BCUT2D eigenvalue weighted by atomic mass is 10.1. The van der Waals surface area contributed by atoms with E-state index in [1.165, 1.54) is 6.07 Å². The first-order valence-electron chi connectivity index (χ1n) is 4.90. The lowest BCUT2D eigenvalue weighted by Crippen LogP contribution is -1.85. The first kappa shape index (κ1) is 9.25. The van der Waals surface area contributed by atoms with Crippen LogP contribution in [0.15, 0.2) is 22.6 Å². The van der Waals surface area contributed by atoms with Gasteiger partial charge < -0.3 is 4.42 Å². The molecule has 0 amide bonds. The molecule has 14 heavy (non-hydrogen) atoms. The van der Waals surface area contributed by atoms with Crippen LogP contribution in [0.3, 0.4) is 0 Å². The van der Waals surface area contributed by atoms with Gasteiger partial charge >= 0.3 is 0 Å². The van der Waals surface area contributed by atoms with E-state index in [1.54, 1.807) is 6.07 Å². The normalized spacial score (nSPS) is 11.1. The summed E-state index contributed by atoms with van der Waals surface area (Å²) in [6, 6.07) is 5.08. The molecule has 0 spiro atoms. The molecule has 0 N–H and O–H groups in total. The number of hydrogen-bond donors (Lipinski definition) is 0. The van der Waals surface area contributed by atoms with Gasteiger partial charge in [0.2, 0.25) is 0 Å². The zero-order chi connectivity index (χ0) is 10.1. The van der Waals surface area contributed by atoms with Crippen molar-refractivity contribution in [2.75, 3.05) is 0 Å². The van der Waals surface area contributed by atoms with Crippen LogP contribution in [0.5, 0.6) is 0 Å². The number of fused-ring (bicyclic) bond motifs is 1. The maximum atomic E-state index is 13.4. The molecule has 0 saturated carbocycles. The molecule has 2 heteroatoms. The average molecular weight is 192 g/mol. The second-order valence-corrected chi connectivity index (χ2v) is 3.56. The third-order valence-corrected chi connectivity index (χ3v) is 2.35. The van der Waals surface area contributed by atoms with Crippen LogP contribution in [0.4, 0.5) is 4.39 Å². The van der Waals surface area contributed by atoms with E-state index in [4.69, 9.17) is 4.42 Å². The minimum absolute atomic E-state index is 0.197. The van der Waals surface area contributed by atoms with Crippen LogP contribution >= 0.6 is 0 Å². The van der Waals surface area contributed by atoms with Crippen molar-refractivity contribution in [2.24, 2.45) is 0 Å². The highest BCUT2D eigenvalue weighted by atomic mass is 19.1. The fraction of sp³-hybridized carbons (Fsp3) is 0.333. The lowest BCUT2D eigenvalue weighted by molar-refractivity contribution is 0.572. The van der Waals surface area contributed by atoms with Crippen LogP contribution in [0, 0.1) is 12.7 Å². The summed E-state index contributed by atoms with van der Waals surface area (Å²) < 4.78 is 18.9. The Morgan fingerprint density at radius 3 is 2.86 bits per heavy atom. The zero-order valence-electron chi connectivity index (χ0n) is 8.43. The van der Waals surface area contributed by atoms with Crippen molar-refractivity contribution >= 4 is 11.0 Å². The minimum atomic E-state index is -0.197. The van der Waals surface area contributed by atoms with Gasteiger partial charge in [-0.05, 0) is 31.0 Å². The Bertz CT molecular complexity index is 457. The maximum Gasteiger partial charge on any atom is 0.140 e. The number of aryl methyl sites for hydroxylation is 2. The molecule has 0 bridgehead atoms. The fourth-order valence-corrected chi connectivity index (χ4v) is 1.74. The van der Waals surface area contributed by atoms with Crippen molar-refractivity contribution in [1.82, 2.24) is 0 Å². The summed E-state index contributed by atoms with van der Waals surface area (Å²) in [5.74, 6) is 0.569. The molecule has 1 heterocycles. The standard InChI is InChI=1S/C12H13FO/c1-3-4-9-5-6-11(13)10-7-8(2)14-12(9)10/h5-7H,3-4H2,1-2H3. The Morgan fingerprint density at radius 1 is 1.36 bits per heavy atom. The molecular formula is C12H13FO. The molecule has 0 fully saturated rings. The highest BCUT2D eigenvalue weighted by molar-refractivity contribution is 5.81. The summed E-state index contributed by atoms with van der Waals surface area (Å²) in [7, 11) is 0. The molecule has 1 aromatic carbocycles. The first-order valence-corrected chi connectivity index (χ1v) is 4.90. The summed E-state index contributed by atoms with van der Waals surface area (Å²) in [5.41, 5.74) is 1.81. The van der Waals surface area contributed by atoms with Crippen molar-refractivity contribution in [1.29, 1.82) is 0 Å². The molecule has 0 aliphatic heterocycles. The quantitative estimate of drug-likeness (QED) is 0.704. The van der Waals surface area contributed by atoms with Crippen LogP contribution in [0.1, 0.15) is 24.7 Å². The van der Waals surface area contributed by atoms with Gasteiger partial charge in [0.15, 0.2) is 0 Å². The number of furan rings is 1. The largest absolute Gasteiger partial charge is 0.461 e. The summed E-state index contributed by atoms with van der Waals surface area (Å²) in [5, 5.41) is 0.605. The molecule has 0 aliphatic carbocycles. The van der Waals surface area contributed by atoms with Crippen LogP contribution < -0.4 is 0 Å². The molecule has 0 radical (unpaired) electrons. The Hall–Kier alpha value is -1.31. The van der Waals surface area contributed by atoms with E-state index in [9.17, 15) is 4.39 Å². The zero-order valence-corrected chi connectivity index (χ0v) is 8.43. The monoisotopic (exact) mass is 192 g/mol.